The third kappa shape index (κ3) is 6.45. The summed E-state index contributed by atoms with van der Waals surface area (Å²) in [5, 5.41) is 3.62. The average molecular weight is 476 g/mol. The number of benzene rings is 3. The van der Waals surface area contributed by atoms with E-state index in [0.29, 0.717) is 0 Å². The Morgan fingerprint density at radius 2 is 0.774 bits per heavy atom. The second-order valence-corrected chi connectivity index (χ2v) is 12.8. The molecule has 3 aromatic carbocycles. The van der Waals surface area contributed by atoms with Crippen LogP contribution in [-0.4, -0.2) is 38.8 Å². The fraction of sp³-hybridized carbons (Fsp3) is 0.250. The lowest BCUT2D eigenvalue weighted by atomic mass is 10.1. The molecule has 7 heteroatoms. The Hall–Kier alpha value is -1.59. The number of hydrogen-bond acceptors (Lipinski definition) is 3. The molecule has 3 rings (SSSR count). The zero-order chi connectivity index (χ0) is 22.4. The first kappa shape index (κ1) is 24.1. The molecule has 0 N–H and O–H groups in total. The quantitative estimate of drug-likeness (QED) is 0.446. The standard InChI is InChI=1S/C24H27O3Si4/c1-16-10-7-13-22(19(16)4)28-25-31(26-29-23-14-8-11-17(2)20(23)5)27-30-24-15-9-12-18(3)21(24)6/h7-15H,1-6H3. The molecule has 0 bridgehead atoms. The van der Waals surface area contributed by atoms with Crippen molar-refractivity contribution in [3.05, 3.63) is 88.0 Å². The molecule has 0 saturated carbocycles. The smallest absolute Gasteiger partial charge is 0.409 e. The second kappa shape index (κ2) is 11.3. The SMILES string of the molecule is Cc1cccc([Si]O[Si](O[Si]c2cccc(C)c2C)O[Si]c2cccc(C)c2C)c1C. The lowest BCUT2D eigenvalue weighted by Gasteiger charge is -2.17. The van der Waals surface area contributed by atoms with Gasteiger partial charge in [-0.25, -0.2) is 0 Å². The maximum absolute atomic E-state index is 6.25. The minimum absolute atomic E-state index is 0.209. The first-order valence-electron chi connectivity index (χ1n) is 10.2. The van der Waals surface area contributed by atoms with Crippen LogP contribution >= 0.6 is 0 Å². The largest absolute Gasteiger partial charge is 0.544 e. The molecule has 0 fully saturated rings. The van der Waals surface area contributed by atoms with E-state index in [1.807, 2.05) is 0 Å². The van der Waals surface area contributed by atoms with Gasteiger partial charge in [0.2, 0.25) is 0 Å². The van der Waals surface area contributed by atoms with Crippen molar-refractivity contribution in [3.8, 4) is 0 Å². The Labute approximate surface area is 196 Å². The Balaban J connectivity index is 1.71. The van der Waals surface area contributed by atoms with E-state index in [0.717, 1.165) is 0 Å². The Morgan fingerprint density at radius 1 is 0.484 bits per heavy atom. The van der Waals surface area contributed by atoms with Gasteiger partial charge in [0.05, 0.1) is 0 Å². The van der Waals surface area contributed by atoms with Crippen molar-refractivity contribution in [2.75, 3.05) is 0 Å². The summed E-state index contributed by atoms with van der Waals surface area (Å²) in [6.07, 6.45) is 0. The molecular formula is C24H27O3Si4. The molecule has 7 radical (unpaired) electrons. The van der Waals surface area contributed by atoms with Crippen molar-refractivity contribution < 1.29 is 12.3 Å². The van der Waals surface area contributed by atoms with E-state index in [-0.39, 0.29) is 29.3 Å². The van der Waals surface area contributed by atoms with E-state index in [1.54, 1.807) is 0 Å². The predicted octanol–water partition coefficient (Wildman–Crippen LogP) is 2.71. The van der Waals surface area contributed by atoms with Crippen molar-refractivity contribution in [1.29, 1.82) is 0 Å². The Bertz CT molecular complexity index is 907. The molecule has 0 unspecified atom stereocenters. The third-order valence-corrected chi connectivity index (χ3v) is 11.1. The van der Waals surface area contributed by atoms with Crippen LogP contribution in [0.15, 0.2) is 54.6 Å². The maximum atomic E-state index is 6.25. The molecule has 157 valence electrons. The molecule has 0 spiro atoms. The van der Waals surface area contributed by atoms with E-state index in [4.69, 9.17) is 12.3 Å². The Kier molecular flexibility index (Phi) is 8.79. The summed E-state index contributed by atoms with van der Waals surface area (Å²) in [7, 11) is -1.26. The van der Waals surface area contributed by atoms with Gasteiger partial charge in [0.25, 0.3) is 29.3 Å². The normalized spacial score (nSPS) is 11.3. The lowest BCUT2D eigenvalue weighted by molar-refractivity contribution is 0.337. The molecular weight excluding hydrogens is 449 g/mol. The van der Waals surface area contributed by atoms with Crippen LogP contribution in [-0.2, 0) is 12.3 Å². The van der Waals surface area contributed by atoms with Gasteiger partial charge in [0.1, 0.15) is 0 Å². The summed E-state index contributed by atoms with van der Waals surface area (Å²) in [5.41, 5.74) is 7.65. The van der Waals surface area contributed by atoms with Gasteiger partial charge in [0.15, 0.2) is 0 Å². The zero-order valence-electron chi connectivity index (χ0n) is 18.9. The topological polar surface area (TPSA) is 27.7 Å². The highest BCUT2D eigenvalue weighted by Gasteiger charge is 2.22. The van der Waals surface area contributed by atoms with Gasteiger partial charge < -0.3 is 12.3 Å². The monoisotopic (exact) mass is 475 g/mol. The highest BCUT2D eigenvalue weighted by molar-refractivity contribution is 6.67. The van der Waals surface area contributed by atoms with E-state index < -0.39 is 9.53 Å². The van der Waals surface area contributed by atoms with Crippen LogP contribution in [0.4, 0.5) is 0 Å². The maximum Gasteiger partial charge on any atom is 0.544 e. The summed E-state index contributed by atoms with van der Waals surface area (Å²) in [4.78, 5) is 0. The summed E-state index contributed by atoms with van der Waals surface area (Å²) in [5.74, 6) is 0. The van der Waals surface area contributed by atoms with Crippen molar-refractivity contribution in [3.63, 3.8) is 0 Å². The summed E-state index contributed by atoms with van der Waals surface area (Å²) in [6, 6.07) is 19.0. The van der Waals surface area contributed by atoms with Crippen LogP contribution in [0.1, 0.15) is 33.4 Å². The third-order valence-electron chi connectivity index (χ3n) is 5.55. The second-order valence-electron chi connectivity index (χ2n) is 7.60. The average Bonchev–Trinajstić information content (AvgIpc) is 2.75. The first-order chi connectivity index (χ1) is 14.9. The molecule has 3 aromatic rings. The van der Waals surface area contributed by atoms with Gasteiger partial charge in [0, 0.05) is 0 Å². The first-order valence-corrected chi connectivity index (χ1v) is 14.2. The van der Waals surface area contributed by atoms with Crippen LogP contribution in [0, 0.1) is 41.5 Å². The molecule has 0 amide bonds. The van der Waals surface area contributed by atoms with E-state index >= 15 is 0 Å². The van der Waals surface area contributed by atoms with Crippen LogP contribution in [0.5, 0.6) is 0 Å². The molecule has 31 heavy (non-hydrogen) atoms. The lowest BCUT2D eigenvalue weighted by Crippen LogP contribution is -2.40. The van der Waals surface area contributed by atoms with E-state index in [9.17, 15) is 0 Å². The zero-order valence-corrected chi connectivity index (χ0v) is 22.9. The number of aryl methyl sites for hydroxylation is 3. The number of hydrogen-bond donors (Lipinski definition) is 0. The van der Waals surface area contributed by atoms with E-state index in [2.05, 4.69) is 96.1 Å². The minimum atomic E-state index is -1.89. The van der Waals surface area contributed by atoms with Gasteiger partial charge in [-0.3, -0.25) is 0 Å². The van der Waals surface area contributed by atoms with Gasteiger partial charge in [-0.15, -0.1) is 0 Å². The number of rotatable bonds is 9. The molecule has 0 aliphatic carbocycles. The van der Waals surface area contributed by atoms with Crippen LogP contribution in [0.25, 0.3) is 0 Å². The fourth-order valence-corrected chi connectivity index (χ4v) is 8.43. The fourth-order valence-electron chi connectivity index (χ4n) is 2.94. The van der Waals surface area contributed by atoms with Gasteiger partial charge in [-0.2, -0.15) is 0 Å². The van der Waals surface area contributed by atoms with Gasteiger partial charge >= 0.3 is 9.53 Å². The molecule has 0 atom stereocenters. The summed E-state index contributed by atoms with van der Waals surface area (Å²) >= 11 is 0. The minimum Gasteiger partial charge on any atom is -0.409 e. The predicted molar refractivity (Wildman–Crippen MR) is 133 cm³/mol. The summed E-state index contributed by atoms with van der Waals surface area (Å²) in [6.45, 7) is 12.8. The molecule has 0 aliphatic heterocycles. The van der Waals surface area contributed by atoms with Crippen LogP contribution in [0.2, 0.25) is 0 Å². The molecule has 0 aromatic heterocycles. The molecule has 3 nitrogen and oxygen atoms in total. The van der Waals surface area contributed by atoms with Crippen LogP contribution < -0.4 is 15.6 Å². The van der Waals surface area contributed by atoms with Crippen molar-refractivity contribution in [2.24, 2.45) is 0 Å². The van der Waals surface area contributed by atoms with Crippen molar-refractivity contribution >= 4 is 54.4 Å². The molecule has 0 aliphatic rings. The Morgan fingerprint density at radius 3 is 1.06 bits per heavy atom. The van der Waals surface area contributed by atoms with E-state index in [1.165, 1.54) is 48.9 Å². The van der Waals surface area contributed by atoms with Crippen LogP contribution in [0.3, 0.4) is 0 Å². The van der Waals surface area contributed by atoms with Gasteiger partial charge in [-0.05, 0) is 90.5 Å². The highest BCUT2D eigenvalue weighted by atomic mass is 28.4. The molecule has 0 heterocycles. The summed E-state index contributed by atoms with van der Waals surface area (Å²) < 4.78 is 18.7. The van der Waals surface area contributed by atoms with Crippen molar-refractivity contribution in [1.82, 2.24) is 0 Å². The van der Waals surface area contributed by atoms with Crippen molar-refractivity contribution in [2.45, 2.75) is 41.5 Å². The highest BCUT2D eigenvalue weighted by Crippen LogP contribution is 2.06. The molecule has 0 saturated heterocycles. The van der Waals surface area contributed by atoms with Gasteiger partial charge in [-0.1, -0.05) is 54.6 Å².